The van der Waals surface area contributed by atoms with E-state index in [1.54, 1.807) is 30.5 Å². The Morgan fingerprint density at radius 3 is 2.69 bits per heavy atom. The van der Waals surface area contributed by atoms with E-state index in [9.17, 15) is 4.79 Å². The van der Waals surface area contributed by atoms with Crippen LogP contribution in [0.1, 0.15) is 33.1 Å². The van der Waals surface area contributed by atoms with Crippen LogP contribution < -0.4 is 9.47 Å². The van der Waals surface area contributed by atoms with Crippen LogP contribution in [0.25, 0.3) is 22.8 Å². The molecule has 3 aromatic rings. The second-order valence-electron chi connectivity index (χ2n) is 7.83. The third-order valence-electron chi connectivity index (χ3n) is 5.05. The van der Waals surface area contributed by atoms with Gasteiger partial charge in [-0.2, -0.15) is 4.98 Å². The summed E-state index contributed by atoms with van der Waals surface area (Å²) in [6.45, 7) is 3.77. The summed E-state index contributed by atoms with van der Waals surface area (Å²) in [5, 5.41) is 13.9. The lowest BCUT2D eigenvalue weighted by Crippen LogP contribution is -2.15. The Kier molecular flexibility index (Phi) is 6.53. The van der Waals surface area contributed by atoms with Crippen LogP contribution in [0, 0.1) is 5.92 Å². The number of nitrogens with zero attached hydrogens (tertiary/aromatic N) is 3. The molecule has 168 valence electrons. The van der Waals surface area contributed by atoms with E-state index >= 15 is 0 Å². The summed E-state index contributed by atoms with van der Waals surface area (Å²) in [5.41, 5.74) is 1.12. The van der Waals surface area contributed by atoms with Crippen molar-refractivity contribution in [2.45, 2.75) is 45.3 Å². The number of hydrogen-bond donors (Lipinski definition) is 1. The summed E-state index contributed by atoms with van der Waals surface area (Å²) >= 11 is 12.7. The van der Waals surface area contributed by atoms with Gasteiger partial charge in [0.15, 0.2) is 0 Å². The summed E-state index contributed by atoms with van der Waals surface area (Å²) in [6.07, 6.45) is 3.14. The van der Waals surface area contributed by atoms with Crippen molar-refractivity contribution in [1.82, 2.24) is 15.1 Å². The maximum Gasteiger partial charge on any atom is 0.306 e. The van der Waals surface area contributed by atoms with Crippen molar-refractivity contribution in [3.05, 3.63) is 40.5 Å². The standard InChI is InChI=1S/C22H21Cl2N3O5/c1-11(2)30-21-18(24)8-13(10-25-21)20-26-19(27-32-20)16-6-5-15(9-17(16)23)31-14-4-3-12(7-14)22(28)29/h5-6,8-12,14H,3-4,7H2,1-2H3,(H,28,29)/t12-,14+/m1/s1. The van der Waals surface area contributed by atoms with Gasteiger partial charge in [-0.1, -0.05) is 28.4 Å². The molecule has 0 amide bonds. The smallest absolute Gasteiger partial charge is 0.306 e. The van der Waals surface area contributed by atoms with Gasteiger partial charge in [0, 0.05) is 11.8 Å². The Hall–Kier alpha value is -2.84. The lowest BCUT2D eigenvalue weighted by molar-refractivity contribution is -0.141. The molecule has 4 rings (SSSR count). The Morgan fingerprint density at radius 1 is 1.22 bits per heavy atom. The highest BCUT2D eigenvalue weighted by Crippen LogP contribution is 2.35. The molecular formula is C22H21Cl2N3O5. The molecule has 0 saturated heterocycles. The molecule has 0 radical (unpaired) electrons. The first-order valence-corrected chi connectivity index (χ1v) is 10.9. The minimum absolute atomic E-state index is 0.0535. The van der Waals surface area contributed by atoms with Crippen molar-refractivity contribution in [3.63, 3.8) is 0 Å². The Labute approximate surface area is 194 Å². The minimum Gasteiger partial charge on any atom is -0.490 e. The fraction of sp³-hybridized carbons (Fsp3) is 0.364. The molecule has 0 spiro atoms. The van der Waals surface area contributed by atoms with Crippen molar-refractivity contribution >= 4 is 29.2 Å². The van der Waals surface area contributed by atoms with E-state index in [4.69, 9.17) is 42.3 Å². The molecule has 1 N–H and O–H groups in total. The molecular weight excluding hydrogens is 457 g/mol. The highest BCUT2D eigenvalue weighted by Gasteiger charge is 2.31. The number of carbonyl (C=O) groups is 1. The molecule has 1 aromatic carbocycles. The Bertz CT molecular complexity index is 1130. The summed E-state index contributed by atoms with van der Waals surface area (Å²) in [7, 11) is 0. The molecule has 2 atom stereocenters. The monoisotopic (exact) mass is 477 g/mol. The zero-order chi connectivity index (χ0) is 22.8. The lowest BCUT2D eigenvalue weighted by atomic mass is 10.1. The first-order valence-electron chi connectivity index (χ1n) is 10.2. The number of aromatic nitrogens is 3. The average Bonchev–Trinajstić information content (AvgIpc) is 3.39. The predicted octanol–water partition coefficient (Wildman–Crippen LogP) is 5.52. The van der Waals surface area contributed by atoms with Crippen LogP contribution in [-0.4, -0.2) is 38.4 Å². The maximum atomic E-state index is 11.1. The lowest BCUT2D eigenvalue weighted by Gasteiger charge is -2.14. The Balaban J connectivity index is 1.48. The van der Waals surface area contributed by atoms with Gasteiger partial charge < -0.3 is 19.1 Å². The van der Waals surface area contributed by atoms with Gasteiger partial charge in [-0.25, -0.2) is 4.98 Å². The van der Waals surface area contributed by atoms with Gasteiger partial charge in [-0.15, -0.1) is 0 Å². The van der Waals surface area contributed by atoms with Gasteiger partial charge in [0.05, 0.1) is 28.7 Å². The SMILES string of the molecule is CC(C)Oc1ncc(-c2nc(-c3ccc(O[C@H]4CC[C@@H](C(=O)O)C4)cc3Cl)no2)cc1Cl. The molecule has 2 aromatic heterocycles. The molecule has 32 heavy (non-hydrogen) atoms. The molecule has 10 heteroatoms. The molecule has 0 unspecified atom stereocenters. The topological polar surface area (TPSA) is 108 Å². The largest absolute Gasteiger partial charge is 0.490 e. The number of benzene rings is 1. The third-order valence-corrected chi connectivity index (χ3v) is 5.63. The molecule has 1 fully saturated rings. The van der Waals surface area contributed by atoms with E-state index in [0.717, 1.165) is 0 Å². The number of rotatable bonds is 7. The number of hydrogen-bond acceptors (Lipinski definition) is 7. The number of carboxylic acid groups (broad SMARTS) is 1. The van der Waals surface area contributed by atoms with Crippen LogP contribution in [0.2, 0.25) is 10.0 Å². The highest BCUT2D eigenvalue weighted by molar-refractivity contribution is 6.33. The third kappa shape index (κ3) is 4.97. The summed E-state index contributed by atoms with van der Waals surface area (Å²) in [5.74, 6) is 0.308. The van der Waals surface area contributed by atoms with Crippen molar-refractivity contribution in [3.8, 4) is 34.5 Å². The highest BCUT2D eigenvalue weighted by atomic mass is 35.5. The van der Waals surface area contributed by atoms with Crippen molar-refractivity contribution < 1.29 is 23.9 Å². The van der Waals surface area contributed by atoms with Crippen LogP contribution in [0.4, 0.5) is 0 Å². The molecule has 8 nitrogen and oxygen atoms in total. The number of carboxylic acids is 1. The summed E-state index contributed by atoms with van der Waals surface area (Å²) < 4.78 is 16.8. The van der Waals surface area contributed by atoms with E-state index in [0.29, 0.717) is 57.9 Å². The molecule has 1 aliphatic rings. The average molecular weight is 478 g/mol. The molecule has 0 aliphatic heterocycles. The van der Waals surface area contributed by atoms with E-state index in [2.05, 4.69) is 15.1 Å². The van der Waals surface area contributed by atoms with E-state index in [1.807, 2.05) is 13.8 Å². The number of aliphatic carboxylic acids is 1. The first-order chi connectivity index (χ1) is 15.3. The molecule has 1 saturated carbocycles. The summed E-state index contributed by atoms with van der Waals surface area (Å²) in [6, 6.07) is 6.80. The van der Waals surface area contributed by atoms with Crippen molar-refractivity contribution in [2.24, 2.45) is 5.92 Å². The van der Waals surface area contributed by atoms with Gasteiger partial charge in [0.25, 0.3) is 5.89 Å². The number of pyridine rings is 1. The maximum absolute atomic E-state index is 11.1. The van der Waals surface area contributed by atoms with Crippen LogP contribution in [0.3, 0.4) is 0 Å². The molecule has 0 bridgehead atoms. The van der Waals surface area contributed by atoms with Gasteiger partial charge in [-0.05, 0) is 57.4 Å². The summed E-state index contributed by atoms with van der Waals surface area (Å²) in [4.78, 5) is 19.7. The zero-order valence-corrected chi connectivity index (χ0v) is 18.9. The van der Waals surface area contributed by atoms with Gasteiger partial charge >= 0.3 is 5.97 Å². The van der Waals surface area contributed by atoms with Gasteiger partial charge in [0.2, 0.25) is 11.7 Å². The fourth-order valence-corrected chi connectivity index (χ4v) is 3.98. The van der Waals surface area contributed by atoms with E-state index in [1.165, 1.54) is 0 Å². The predicted molar refractivity (Wildman–Crippen MR) is 118 cm³/mol. The molecule has 2 heterocycles. The number of ether oxygens (including phenoxy) is 2. The van der Waals surface area contributed by atoms with Crippen LogP contribution >= 0.6 is 23.2 Å². The van der Waals surface area contributed by atoms with E-state index in [-0.39, 0.29) is 24.0 Å². The van der Waals surface area contributed by atoms with Crippen LogP contribution in [-0.2, 0) is 4.79 Å². The van der Waals surface area contributed by atoms with Crippen molar-refractivity contribution in [1.29, 1.82) is 0 Å². The second-order valence-corrected chi connectivity index (χ2v) is 8.64. The van der Waals surface area contributed by atoms with Gasteiger partial charge in [0.1, 0.15) is 10.8 Å². The second kappa shape index (κ2) is 9.34. The van der Waals surface area contributed by atoms with E-state index < -0.39 is 5.97 Å². The normalized spacial score (nSPS) is 18.2. The fourth-order valence-electron chi connectivity index (χ4n) is 3.52. The van der Waals surface area contributed by atoms with Crippen LogP contribution in [0.5, 0.6) is 11.6 Å². The quantitative estimate of drug-likeness (QED) is 0.473. The minimum atomic E-state index is -0.782. The first kappa shape index (κ1) is 22.4. The molecule has 1 aliphatic carbocycles. The Morgan fingerprint density at radius 2 is 2.03 bits per heavy atom. The van der Waals surface area contributed by atoms with Crippen LogP contribution in [0.15, 0.2) is 35.0 Å². The zero-order valence-electron chi connectivity index (χ0n) is 17.4. The van der Waals surface area contributed by atoms with Gasteiger partial charge in [-0.3, -0.25) is 4.79 Å². The van der Waals surface area contributed by atoms with Crippen molar-refractivity contribution in [2.75, 3.05) is 0 Å². The number of halogens is 2.